The Kier molecular flexibility index (Phi) is 5.52. The van der Waals surface area contributed by atoms with E-state index in [2.05, 4.69) is 20.9 Å². The topological polar surface area (TPSA) is 109 Å². The van der Waals surface area contributed by atoms with Crippen LogP contribution >= 0.6 is 0 Å². The minimum absolute atomic E-state index is 0.0214. The Balaban J connectivity index is 2.81. The summed E-state index contributed by atoms with van der Waals surface area (Å²) in [5.74, 6) is 0.493. The molecule has 0 unspecified atom stereocenters. The van der Waals surface area contributed by atoms with Crippen LogP contribution in [0.3, 0.4) is 0 Å². The number of pyridine rings is 1. The van der Waals surface area contributed by atoms with Crippen molar-refractivity contribution in [1.29, 1.82) is 0 Å². The molecule has 0 saturated carbocycles. The monoisotopic (exact) mass is 267 g/mol. The SMILES string of the molecule is CCNC(=O)CNc1cc([N+](=O)[O-])cc(NCC)n1. The molecule has 0 bridgehead atoms. The van der Waals surface area contributed by atoms with Gasteiger partial charge in [-0.25, -0.2) is 4.98 Å². The van der Waals surface area contributed by atoms with Gasteiger partial charge in [-0.3, -0.25) is 14.9 Å². The van der Waals surface area contributed by atoms with Gasteiger partial charge in [0.25, 0.3) is 5.69 Å². The standard InChI is InChI=1S/C11H17N5O3/c1-3-12-9-5-8(16(18)19)6-10(15-9)14-7-11(17)13-4-2/h5-6H,3-4,7H2,1-2H3,(H,13,17)(H2,12,14,15). The fraction of sp³-hybridized carbons (Fsp3) is 0.455. The van der Waals surface area contributed by atoms with Crippen LogP contribution in [0.5, 0.6) is 0 Å². The van der Waals surface area contributed by atoms with Gasteiger partial charge in [-0.05, 0) is 13.8 Å². The van der Waals surface area contributed by atoms with Crippen LogP contribution in [0, 0.1) is 10.1 Å². The maximum Gasteiger partial charge on any atom is 0.276 e. The first-order valence-corrected chi connectivity index (χ1v) is 5.97. The van der Waals surface area contributed by atoms with E-state index in [-0.39, 0.29) is 24.0 Å². The highest BCUT2D eigenvalue weighted by Gasteiger charge is 2.11. The summed E-state index contributed by atoms with van der Waals surface area (Å²) in [5.41, 5.74) is -0.0793. The number of rotatable bonds is 7. The molecule has 0 spiro atoms. The van der Waals surface area contributed by atoms with Crippen molar-refractivity contribution >= 4 is 23.2 Å². The van der Waals surface area contributed by atoms with Gasteiger partial charge >= 0.3 is 0 Å². The highest BCUT2D eigenvalue weighted by molar-refractivity contribution is 5.80. The molecule has 1 amide bonds. The van der Waals surface area contributed by atoms with Crippen LogP contribution in [0.2, 0.25) is 0 Å². The van der Waals surface area contributed by atoms with E-state index in [1.54, 1.807) is 0 Å². The molecule has 8 nitrogen and oxygen atoms in total. The second kappa shape index (κ2) is 7.14. The van der Waals surface area contributed by atoms with Crippen LogP contribution in [0.25, 0.3) is 0 Å². The fourth-order valence-corrected chi connectivity index (χ4v) is 1.41. The lowest BCUT2D eigenvalue weighted by molar-refractivity contribution is -0.384. The van der Waals surface area contributed by atoms with Gasteiger partial charge in [-0.2, -0.15) is 0 Å². The molecule has 0 fully saturated rings. The predicted molar refractivity (Wildman–Crippen MR) is 72.2 cm³/mol. The van der Waals surface area contributed by atoms with Crippen molar-refractivity contribution in [3.05, 3.63) is 22.2 Å². The first-order chi connectivity index (χ1) is 9.06. The molecular weight excluding hydrogens is 250 g/mol. The Morgan fingerprint density at radius 1 is 1.26 bits per heavy atom. The van der Waals surface area contributed by atoms with Crippen molar-refractivity contribution in [2.75, 3.05) is 30.3 Å². The first kappa shape index (κ1) is 14.7. The molecule has 0 atom stereocenters. The maximum absolute atomic E-state index is 11.3. The molecule has 1 aromatic heterocycles. The molecule has 0 aliphatic heterocycles. The smallest absolute Gasteiger partial charge is 0.276 e. The number of likely N-dealkylation sites (N-methyl/N-ethyl adjacent to an activating group) is 1. The number of carbonyl (C=O) groups excluding carboxylic acids is 1. The number of nitrogens with zero attached hydrogens (tertiary/aromatic N) is 2. The minimum atomic E-state index is -0.500. The van der Waals surface area contributed by atoms with E-state index < -0.39 is 4.92 Å². The first-order valence-electron chi connectivity index (χ1n) is 5.97. The van der Waals surface area contributed by atoms with Gasteiger partial charge in [0.1, 0.15) is 11.6 Å². The van der Waals surface area contributed by atoms with Crippen LogP contribution < -0.4 is 16.0 Å². The number of anilines is 2. The van der Waals surface area contributed by atoms with E-state index in [0.717, 1.165) is 0 Å². The van der Waals surface area contributed by atoms with Gasteiger partial charge in [0.05, 0.1) is 23.6 Å². The molecule has 0 radical (unpaired) electrons. The highest BCUT2D eigenvalue weighted by atomic mass is 16.6. The third kappa shape index (κ3) is 4.78. The molecule has 8 heteroatoms. The van der Waals surface area contributed by atoms with Crippen LogP contribution in [0.4, 0.5) is 17.3 Å². The molecule has 3 N–H and O–H groups in total. The zero-order chi connectivity index (χ0) is 14.3. The molecular formula is C11H17N5O3. The Morgan fingerprint density at radius 2 is 1.89 bits per heavy atom. The van der Waals surface area contributed by atoms with Crippen molar-refractivity contribution < 1.29 is 9.72 Å². The van der Waals surface area contributed by atoms with Gasteiger partial charge in [0.15, 0.2) is 0 Å². The molecule has 0 aliphatic carbocycles. The zero-order valence-corrected chi connectivity index (χ0v) is 10.9. The van der Waals surface area contributed by atoms with Gasteiger partial charge in [0.2, 0.25) is 5.91 Å². The minimum Gasteiger partial charge on any atom is -0.370 e. The van der Waals surface area contributed by atoms with E-state index >= 15 is 0 Å². The third-order valence-corrected chi connectivity index (χ3v) is 2.18. The number of hydrogen-bond acceptors (Lipinski definition) is 6. The van der Waals surface area contributed by atoms with Gasteiger partial charge in [0, 0.05) is 13.1 Å². The van der Waals surface area contributed by atoms with Crippen molar-refractivity contribution in [2.24, 2.45) is 0 Å². The summed E-state index contributed by atoms with van der Waals surface area (Å²) in [6.07, 6.45) is 0. The Bertz CT molecular complexity index is 464. The highest BCUT2D eigenvalue weighted by Crippen LogP contribution is 2.20. The van der Waals surface area contributed by atoms with Crippen LogP contribution in [0.15, 0.2) is 12.1 Å². The number of carbonyl (C=O) groups is 1. The molecule has 0 aromatic carbocycles. The van der Waals surface area contributed by atoms with E-state index in [0.29, 0.717) is 18.9 Å². The number of nitrogens with one attached hydrogen (secondary N) is 3. The summed E-state index contributed by atoms with van der Waals surface area (Å²) >= 11 is 0. The van der Waals surface area contributed by atoms with Crippen molar-refractivity contribution in [1.82, 2.24) is 10.3 Å². The number of amides is 1. The largest absolute Gasteiger partial charge is 0.370 e. The Hall–Kier alpha value is -2.38. The lowest BCUT2D eigenvalue weighted by Gasteiger charge is -2.08. The lowest BCUT2D eigenvalue weighted by Crippen LogP contribution is -2.29. The molecule has 1 heterocycles. The molecule has 0 aliphatic rings. The second-order valence-corrected chi connectivity index (χ2v) is 3.69. The van der Waals surface area contributed by atoms with Crippen LogP contribution in [-0.2, 0) is 4.79 Å². The molecule has 19 heavy (non-hydrogen) atoms. The van der Waals surface area contributed by atoms with Crippen molar-refractivity contribution in [3.63, 3.8) is 0 Å². The average molecular weight is 267 g/mol. The van der Waals surface area contributed by atoms with Crippen LogP contribution in [0.1, 0.15) is 13.8 Å². The van der Waals surface area contributed by atoms with Crippen LogP contribution in [-0.4, -0.2) is 35.4 Å². The van der Waals surface area contributed by atoms with E-state index in [4.69, 9.17) is 0 Å². The van der Waals surface area contributed by atoms with E-state index in [1.807, 2.05) is 13.8 Å². The van der Waals surface area contributed by atoms with Gasteiger partial charge in [-0.1, -0.05) is 0 Å². The summed E-state index contributed by atoms with van der Waals surface area (Å²) in [4.78, 5) is 25.7. The quantitative estimate of drug-likeness (QED) is 0.501. The Labute approximate surface area is 110 Å². The van der Waals surface area contributed by atoms with Crippen molar-refractivity contribution in [2.45, 2.75) is 13.8 Å². The van der Waals surface area contributed by atoms with E-state index in [1.165, 1.54) is 12.1 Å². The van der Waals surface area contributed by atoms with Gasteiger partial charge in [-0.15, -0.1) is 0 Å². The predicted octanol–water partition coefficient (Wildman–Crippen LogP) is 0.970. The normalized spacial score (nSPS) is 9.79. The average Bonchev–Trinajstić information content (AvgIpc) is 2.37. The lowest BCUT2D eigenvalue weighted by atomic mass is 10.3. The molecule has 0 saturated heterocycles. The third-order valence-electron chi connectivity index (χ3n) is 2.18. The molecule has 1 aromatic rings. The second-order valence-electron chi connectivity index (χ2n) is 3.69. The van der Waals surface area contributed by atoms with Gasteiger partial charge < -0.3 is 16.0 Å². The summed E-state index contributed by atoms with van der Waals surface area (Å²) in [6, 6.07) is 2.64. The fourth-order valence-electron chi connectivity index (χ4n) is 1.41. The van der Waals surface area contributed by atoms with Crippen molar-refractivity contribution in [3.8, 4) is 0 Å². The molecule has 104 valence electrons. The number of nitro groups is 1. The number of aromatic nitrogens is 1. The van der Waals surface area contributed by atoms with E-state index in [9.17, 15) is 14.9 Å². The summed E-state index contributed by atoms with van der Waals surface area (Å²) in [5, 5.41) is 19.1. The number of hydrogen-bond donors (Lipinski definition) is 3. The summed E-state index contributed by atoms with van der Waals surface area (Å²) < 4.78 is 0. The summed E-state index contributed by atoms with van der Waals surface area (Å²) in [6.45, 7) is 4.83. The maximum atomic E-state index is 11.3. The molecule has 1 rings (SSSR count). The Morgan fingerprint density at radius 3 is 2.42 bits per heavy atom. The summed E-state index contributed by atoms with van der Waals surface area (Å²) in [7, 11) is 0. The zero-order valence-electron chi connectivity index (χ0n) is 10.9.